The number of hydrogen-bond donors (Lipinski definition) is 2. The van der Waals surface area contributed by atoms with E-state index in [1.54, 1.807) is 0 Å². The van der Waals surface area contributed by atoms with Crippen molar-refractivity contribution in [1.29, 1.82) is 0 Å². The highest BCUT2D eigenvalue weighted by molar-refractivity contribution is 5.86. The third kappa shape index (κ3) is 2.46. The molecule has 0 bridgehead atoms. The van der Waals surface area contributed by atoms with E-state index >= 15 is 0 Å². The molecule has 5 heteroatoms. The van der Waals surface area contributed by atoms with Gasteiger partial charge in [-0.15, -0.1) is 0 Å². The molecule has 0 unspecified atom stereocenters. The Morgan fingerprint density at radius 2 is 1.76 bits per heavy atom. The molecule has 1 aromatic heterocycles. The van der Waals surface area contributed by atoms with Gasteiger partial charge in [0.25, 0.3) is 0 Å². The molecule has 1 heterocycles. The minimum Gasteiger partial charge on any atom is -0.478 e. The van der Waals surface area contributed by atoms with E-state index in [4.69, 9.17) is 10.8 Å². The maximum absolute atomic E-state index is 10.6. The number of carboxylic acid groups (broad SMARTS) is 1. The summed E-state index contributed by atoms with van der Waals surface area (Å²) in [5.41, 5.74) is 7.43. The van der Waals surface area contributed by atoms with Gasteiger partial charge in [0.1, 0.15) is 0 Å². The predicted octanol–water partition coefficient (Wildman–Crippen LogP) is 1.30. The largest absolute Gasteiger partial charge is 0.478 e. The molecular weight excluding hydrogens is 218 g/mol. The van der Waals surface area contributed by atoms with Crippen LogP contribution in [0.25, 0.3) is 11.4 Å². The lowest BCUT2D eigenvalue weighted by Crippen LogP contribution is -2.00. The third-order valence-electron chi connectivity index (χ3n) is 2.35. The van der Waals surface area contributed by atoms with Crippen molar-refractivity contribution in [2.75, 3.05) is 0 Å². The highest BCUT2D eigenvalue weighted by atomic mass is 16.4. The second-order valence-electron chi connectivity index (χ2n) is 3.50. The summed E-state index contributed by atoms with van der Waals surface area (Å²) in [6, 6.07) is 7.50. The number of nitrogens with two attached hydrogens (primary N) is 1. The van der Waals surface area contributed by atoms with Gasteiger partial charge in [0.15, 0.2) is 5.82 Å². The first-order valence-electron chi connectivity index (χ1n) is 5.05. The summed E-state index contributed by atoms with van der Waals surface area (Å²) >= 11 is 0. The quantitative estimate of drug-likeness (QED) is 0.828. The zero-order valence-electron chi connectivity index (χ0n) is 9.00. The number of hydrogen-bond acceptors (Lipinski definition) is 4. The zero-order chi connectivity index (χ0) is 12.3. The molecule has 0 saturated heterocycles. The minimum atomic E-state index is -1.03. The van der Waals surface area contributed by atoms with Crippen molar-refractivity contribution < 1.29 is 9.90 Å². The van der Waals surface area contributed by atoms with Crippen LogP contribution in [0.5, 0.6) is 0 Å². The monoisotopic (exact) mass is 229 g/mol. The lowest BCUT2D eigenvalue weighted by atomic mass is 10.1. The van der Waals surface area contributed by atoms with E-state index in [-0.39, 0.29) is 5.56 Å². The van der Waals surface area contributed by atoms with Crippen LogP contribution >= 0.6 is 0 Å². The van der Waals surface area contributed by atoms with Crippen LogP contribution in [0.1, 0.15) is 15.9 Å². The molecule has 0 saturated carbocycles. The average Bonchev–Trinajstić information content (AvgIpc) is 2.39. The normalized spacial score (nSPS) is 10.2. The molecule has 0 aliphatic carbocycles. The van der Waals surface area contributed by atoms with E-state index in [9.17, 15) is 4.79 Å². The molecular formula is C12H11N3O2. The summed E-state index contributed by atoms with van der Waals surface area (Å²) in [5, 5.41) is 8.72. The van der Waals surface area contributed by atoms with Crippen molar-refractivity contribution in [3.8, 4) is 11.4 Å². The standard InChI is InChI=1S/C12H11N3O2/c13-5-8-1-3-9(4-2-8)11-14-6-10(7-15-11)12(16)17/h1-4,6-7H,5,13H2,(H,16,17). The van der Waals surface area contributed by atoms with Crippen LogP contribution in [0.15, 0.2) is 36.7 Å². The van der Waals surface area contributed by atoms with Crippen molar-refractivity contribution in [2.45, 2.75) is 6.54 Å². The first-order chi connectivity index (χ1) is 8.20. The number of carboxylic acids is 1. The molecule has 0 aliphatic heterocycles. The molecule has 2 rings (SSSR count). The van der Waals surface area contributed by atoms with Crippen LogP contribution in [-0.2, 0) is 6.54 Å². The SMILES string of the molecule is NCc1ccc(-c2ncc(C(=O)O)cn2)cc1. The fourth-order valence-corrected chi connectivity index (χ4v) is 1.38. The van der Waals surface area contributed by atoms with Gasteiger partial charge < -0.3 is 10.8 Å². The Balaban J connectivity index is 2.29. The van der Waals surface area contributed by atoms with E-state index in [1.807, 2.05) is 24.3 Å². The van der Waals surface area contributed by atoms with Gasteiger partial charge in [-0.3, -0.25) is 0 Å². The van der Waals surface area contributed by atoms with Gasteiger partial charge in [-0.25, -0.2) is 14.8 Å². The molecule has 0 spiro atoms. The summed E-state index contributed by atoms with van der Waals surface area (Å²) in [4.78, 5) is 18.6. The summed E-state index contributed by atoms with van der Waals surface area (Å²) in [7, 11) is 0. The molecule has 0 atom stereocenters. The first-order valence-corrected chi connectivity index (χ1v) is 5.05. The van der Waals surface area contributed by atoms with E-state index in [1.165, 1.54) is 12.4 Å². The topological polar surface area (TPSA) is 89.1 Å². The van der Waals surface area contributed by atoms with Gasteiger partial charge in [-0.1, -0.05) is 24.3 Å². The Morgan fingerprint density at radius 1 is 1.18 bits per heavy atom. The Kier molecular flexibility index (Phi) is 3.11. The number of aromatic nitrogens is 2. The van der Waals surface area contributed by atoms with Gasteiger partial charge in [0, 0.05) is 24.5 Å². The lowest BCUT2D eigenvalue weighted by Gasteiger charge is -2.01. The number of aromatic carboxylic acids is 1. The Bertz CT molecular complexity index is 520. The molecule has 17 heavy (non-hydrogen) atoms. The fourth-order valence-electron chi connectivity index (χ4n) is 1.38. The van der Waals surface area contributed by atoms with Gasteiger partial charge in [-0.05, 0) is 5.56 Å². The van der Waals surface area contributed by atoms with E-state index in [0.717, 1.165) is 11.1 Å². The van der Waals surface area contributed by atoms with Gasteiger partial charge in [0.2, 0.25) is 0 Å². The summed E-state index contributed by atoms with van der Waals surface area (Å²) in [5.74, 6) is -0.534. The highest BCUT2D eigenvalue weighted by Crippen LogP contribution is 2.15. The van der Waals surface area contributed by atoms with Crippen molar-refractivity contribution in [3.05, 3.63) is 47.8 Å². The van der Waals surface area contributed by atoms with Crippen molar-refractivity contribution in [3.63, 3.8) is 0 Å². The second-order valence-corrected chi connectivity index (χ2v) is 3.50. The average molecular weight is 229 g/mol. The van der Waals surface area contributed by atoms with Crippen LogP contribution in [0.4, 0.5) is 0 Å². The Morgan fingerprint density at radius 3 is 2.24 bits per heavy atom. The highest BCUT2D eigenvalue weighted by Gasteiger charge is 2.05. The lowest BCUT2D eigenvalue weighted by molar-refractivity contribution is 0.0696. The second kappa shape index (κ2) is 4.71. The minimum absolute atomic E-state index is 0.0762. The van der Waals surface area contributed by atoms with Crippen LogP contribution < -0.4 is 5.73 Å². The van der Waals surface area contributed by atoms with E-state index in [2.05, 4.69) is 9.97 Å². The first kappa shape index (κ1) is 11.2. The van der Waals surface area contributed by atoms with E-state index in [0.29, 0.717) is 12.4 Å². The molecule has 3 N–H and O–H groups in total. The fraction of sp³-hybridized carbons (Fsp3) is 0.0833. The summed E-state index contributed by atoms with van der Waals surface area (Å²) < 4.78 is 0. The molecule has 0 radical (unpaired) electrons. The number of nitrogens with zero attached hydrogens (tertiary/aromatic N) is 2. The van der Waals surface area contributed by atoms with Crippen LogP contribution in [-0.4, -0.2) is 21.0 Å². The van der Waals surface area contributed by atoms with Gasteiger partial charge in [-0.2, -0.15) is 0 Å². The molecule has 0 amide bonds. The van der Waals surface area contributed by atoms with Crippen molar-refractivity contribution in [2.24, 2.45) is 5.73 Å². The molecule has 86 valence electrons. The summed E-state index contributed by atoms with van der Waals surface area (Å²) in [6.07, 6.45) is 2.59. The molecule has 2 aromatic rings. The maximum atomic E-state index is 10.6. The molecule has 0 aliphatic rings. The zero-order valence-corrected chi connectivity index (χ0v) is 9.00. The van der Waals surface area contributed by atoms with Crippen molar-refractivity contribution >= 4 is 5.97 Å². The molecule has 5 nitrogen and oxygen atoms in total. The Hall–Kier alpha value is -2.27. The number of carbonyl (C=O) groups is 1. The van der Waals surface area contributed by atoms with Crippen molar-refractivity contribution in [1.82, 2.24) is 9.97 Å². The predicted molar refractivity (Wildman–Crippen MR) is 62.3 cm³/mol. The van der Waals surface area contributed by atoms with Gasteiger partial charge in [0.05, 0.1) is 5.56 Å². The van der Waals surface area contributed by atoms with Crippen LogP contribution in [0, 0.1) is 0 Å². The summed E-state index contributed by atoms with van der Waals surface area (Å²) in [6.45, 7) is 0.485. The molecule has 1 aromatic carbocycles. The number of rotatable bonds is 3. The number of benzene rings is 1. The van der Waals surface area contributed by atoms with Crippen LogP contribution in [0.3, 0.4) is 0 Å². The third-order valence-corrected chi connectivity index (χ3v) is 2.35. The Labute approximate surface area is 98.0 Å². The van der Waals surface area contributed by atoms with E-state index < -0.39 is 5.97 Å². The maximum Gasteiger partial charge on any atom is 0.338 e. The molecule has 0 fully saturated rings. The van der Waals surface area contributed by atoms with Crippen LogP contribution in [0.2, 0.25) is 0 Å². The van der Waals surface area contributed by atoms with Gasteiger partial charge >= 0.3 is 5.97 Å². The smallest absolute Gasteiger partial charge is 0.338 e.